The van der Waals surface area contributed by atoms with Crippen LogP contribution in [0.3, 0.4) is 0 Å². The van der Waals surface area contributed by atoms with Crippen molar-refractivity contribution in [3.63, 3.8) is 0 Å². The van der Waals surface area contributed by atoms with Gasteiger partial charge in [0.05, 0.1) is 17.0 Å². The number of alkyl halides is 1. The van der Waals surface area contributed by atoms with Gasteiger partial charge in [-0.15, -0.1) is 0 Å². The van der Waals surface area contributed by atoms with E-state index in [-0.39, 0.29) is 22.8 Å². The quantitative estimate of drug-likeness (QED) is 0.286. The van der Waals surface area contributed by atoms with Crippen LogP contribution in [0.15, 0.2) is 0 Å². The van der Waals surface area contributed by atoms with Crippen LogP contribution in [-0.2, 0) is 7.05 Å². The first-order valence-electron chi connectivity index (χ1n) is 5.20. The number of carbonyl (C=O) groups is 3. The summed E-state index contributed by atoms with van der Waals surface area (Å²) in [6.45, 7) is 2.70. The number of carbonyl (C=O) groups excluding carboxylic acids is 3. The third kappa shape index (κ3) is 1.53. The molecule has 1 aromatic heterocycles. The Morgan fingerprint density at radius 3 is 2.17 bits per heavy atom. The Morgan fingerprint density at radius 1 is 1.22 bits per heavy atom. The summed E-state index contributed by atoms with van der Waals surface area (Å²) < 4.78 is 0.787. The standard InChI is InChI=1S/C11H11IN2O4/c1-4(15)8-6-7(9(5(2)16)13(8)3)11(17)14(18)10(6)12/h10,18H,1-3H3. The van der Waals surface area contributed by atoms with Gasteiger partial charge in [0, 0.05) is 26.5 Å². The lowest BCUT2D eigenvalue weighted by molar-refractivity contribution is -0.0569. The van der Waals surface area contributed by atoms with Gasteiger partial charge in [0.25, 0.3) is 5.91 Å². The summed E-state index contributed by atoms with van der Waals surface area (Å²) >= 11 is 1.86. The highest BCUT2D eigenvalue weighted by atomic mass is 127. The van der Waals surface area contributed by atoms with Crippen LogP contribution in [0, 0.1) is 0 Å². The molecule has 0 radical (unpaired) electrons. The average Bonchev–Trinajstić information content (AvgIpc) is 2.68. The van der Waals surface area contributed by atoms with Crippen LogP contribution in [0.5, 0.6) is 0 Å². The minimum Gasteiger partial charge on any atom is -0.338 e. The number of nitrogens with zero attached hydrogens (tertiary/aromatic N) is 2. The molecule has 1 aromatic rings. The maximum absolute atomic E-state index is 11.9. The fourth-order valence-corrected chi connectivity index (χ4v) is 3.19. The number of rotatable bonds is 2. The van der Waals surface area contributed by atoms with Gasteiger partial charge in [-0.2, -0.15) is 0 Å². The summed E-state index contributed by atoms with van der Waals surface area (Å²) in [5, 5.41) is 10.2. The van der Waals surface area contributed by atoms with Gasteiger partial charge in [0.2, 0.25) is 0 Å². The summed E-state index contributed by atoms with van der Waals surface area (Å²) in [6, 6.07) is 0. The molecule has 0 saturated heterocycles. The predicted octanol–water partition coefficient (Wildman–Crippen LogP) is 1.71. The molecule has 0 bridgehead atoms. The second-order valence-electron chi connectivity index (χ2n) is 4.14. The molecule has 0 aliphatic carbocycles. The Labute approximate surface area is 117 Å². The van der Waals surface area contributed by atoms with Crippen LogP contribution < -0.4 is 0 Å². The highest BCUT2D eigenvalue weighted by molar-refractivity contribution is 14.1. The molecule has 1 unspecified atom stereocenters. The number of halogens is 1. The monoisotopic (exact) mass is 362 g/mol. The third-order valence-corrected chi connectivity index (χ3v) is 4.12. The van der Waals surface area contributed by atoms with Gasteiger partial charge in [0.15, 0.2) is 11.6 Å². The van der Waals surface area contributed by atoms with Crippen molar-refractivity contribution in [3.05, 3.63) is 22.5 Å². The molecule has 7 heteroatoms. The first-order chi connectivity index (χ1) is 8.29. The van der Waals surface area contributed by atoms with E-state index in [2.05, 4.69) is 0 Å². The number of hydroxylamine groups is 2. The normalized spacial score (nSPS) is 18.2. The van der Waals surface area contributed by atoms with E-state index in [1.165, 1.54) is 18.4 Å². The van der Waals surface area contributed by atoms with Crippen molar-refractivity contribution in [1.29, 1.82) is 0 Å². The summed E-state index contributed by atoms with van der Waals surface area (Å²) in [5.41, 5.74) is 1.01. The number of Topliss-reactive ketones (excluding diaryl/α,β-unsaturated/α-hetero) is 2. The van der Waals surface area contributed by atoms with Gasteiger partial charge >= 0.3 is 0 Å². The SMILES string of the molecule is CC(=O)c1c2c(c(C(C)=O)n1C)C(I)N(O)C2=O. The lowest BCUT2D eigenvalue weighted by atomic mass is 10.1. The topological polar surface area (TPSA) is 79.6 Å². The molecule has 1 atom stereocenters. The first kappa shape index (κ1) is 13.2. The molecule has 1 aliphatic rings. The number of hydrogen-bond donors (Lipinski definition) is 1. The molecule has 2 rings (SSSR count). The fourth-order valence-electron chi connectivity index (χ4n) is 2.33. The zero-order valence-electron chi connectivity index (χ0n) is 10.0. The summed E-state index contributed by atoms with van der Waals surface area (Å²) in [5.74, 6) is -1.20. The van der Waals surface area contributed by atoms with Crippen LogP contribution in [0.4, 0.5) is 0 Å². The molecular formula is C11H11IN2O4. The van der Waals surface area contributed by atoms with Crippen molar-refractivity contribution < 1.29 is 19.6 Å². The Kier molecular flexibility index (Phi) is 3.06. The Morgan fingerprint density at radius 2 is 1.72 bits per heavy atom. The number of ketones is 2. The Hall–Kier alpha value is -1.22. The lowest BCUT2D eigenvalue weighted by Crippen LogP contribution is -2.24. The van der Waals surface area contributed by atoms with E-state index in [1.54, 1.807) is 7.05 Å². The molecule has 18 heavy (non-hydrogen) atoms. The van der Waals surface area contributed by atoms with Crippen molar-refractivity contribution in [1.82, 2.24) is 9.63 Å². The average molecular weight is 362 g/mol. The van der Waals surface area contributed by atoms with Gasteiger partial charge in [-0.05, 0) is 0 Å². The van der Waals surface area contributed by atoms with Crippen LogP contribution in [-0.4, -0.2) is 32.3 Å². The second-order valence-corrected chi connectivity index (χ2v) is 5.32. The third-order valence-electron chi connectivity index (χ3n) is 2.97. The minimum absolute atomic E-state index is 0.136. The molecule has 6 nitrogen and oxygen atoms in total. The molecule has 0 fully saturated rings. The van der Waals surface area contributed by atoms with Gasteiger partial charge in [-0.1, -0.05) is 22.6 Å². The highest BCUT2D eigenvalue weighted by Crippen LogP contribution is 2.42. The highest BCUT2D eigenvalue weighted by Gasteiger charge is 2.43. The zero-order valence-corrected chi connectivity index (χ0v) is 12.2. The van der Waals surface area contributed by atoms with E-state index >= 15 is 0 Å². The van der Waals surface area contributed by atoms with Gasteiger partial charge in [0.1, 0.15) is 4.05 Å². The summed E-state index contributed by atoms with van der Waals surface area (Å²) in [6.07, 6.45) is 0. The van der Waals surface area contributed by atoms with Gasteiger partial charge < -0.3 is 4.57 Å². The molecule has 0 spiro atoms. The first-order valence-corrected chi connectivity index (χ1v) is 6.44. The van der Waals surface area contributed by atoms with Crippen molar-refractivity contribution in [2.45, 2.75) is 17.9 Å². The Bertz CT molecular complexity index is 590. The molecular weight excluding hydrogens is 351 g/mol. The fraction of sp³-hybridized carbons (Fsp3) is 0.364. The second kappa shape index (κ2) is 4.16. The van der Waals surface area contributed by atoms with Crippen LogP contribution in [0.25, 0.3) is 0 Å². The van der Waals surface area contributed by atoms with Crippen LogP contribution in [0.2, 0.25) is 0 Å². The van der Waals surface area contributed by atoms with Crippen molar-refractivity contribution in [3.8, 4) is 0 Å². The van der Waals surface area contributed by atoms with E-state index < -0.39 is 9.96 Å². The van der Waals surface area contributed by atoms with Crippen LogP contribution >= 0.6 is 22.6 Å². The van der Waals surface area contributed by atoms with Crippen molar-refractivity contribution in [2.24, 2.45) is 7.05 Å². The van der Waals surface area contributed by atoms with E-state index in [0.29, 0.717) is 16.3 Å². The smallest absolute Gasteiger partial charge is 0.281 e. The number of aromatic nitrogens is 1. The summed E-state index contributed by atoms with van der Waals surface area (Å²) in [7, 11) is 1.57. The van der Waals surface area contributed by atoms with E-state index in [0.717, 1.165) is 0 Å². The van der Waals surface area contributed by atoms with E-state index in [4.69, 9.17) is 0 Å². The zero-order chi connectivity index (χ0) is 13.8. The number of amides is 1. The molecule has 2 heterocycles. The number of hydrogen-bond acceptors (Lipinski definition) is 4. The maximum atomic E-state index is 11.9. The largest absolute Gasteiger partial charge is 0.338 e. The molecule has 1 N–H and O–H groups in total. The van der Waals surface area contributed by atoms with E-state index in [9.17, 15) is 19.6 Å². The maximum Gasteiger partial charge on any atom is 0.281 e. The molecule has 1 aliphatic heterocycles. The molecule has 0 saturated carbocycles. The lowest BCUT2D eigenvalue weighted by Gasteiger charge is -2.14. The molecule has 1 amide bonds. The molecule has 96 valence electrons. The predicted molar refractivity (Wildman–Crippen MR) is 70.1 cm³/mol. The van der Waals surface area contributed by atoms with Crippen LogP contribution in [0.1, 0.15) is 54.8 Å². The van der Waals surface area contributed by atoms with Crippen molar-refractivity contribution >= 4 is 40.1 Å². The van der Waals surface area contributed by atoms with E-state index in [1.807, 2.05) is 22.6 Å². The van der Waals surface area contributed by atoms with Crippen molar-refractivity contribution in [2.75, 3.05) is 0 Å². The number of fused-ring (bicyclic) bond motifs is 1. The molecule has 0 aromatic carbocycles. The summed E-state index contributed by atoms with van der Waals surface area (Å²) in [4.78, 5) is 35.2. The van der Waals surface area contributed by atoms with Gasteiger partial charge in [-0.25, -0.2) is 5.06 Å². The van der Waals surface area contributed by atoms with Gasteiger partial charge in [-0.3, -0.25) is 19.6 Å². The minimum atomic E-state index is -0.650. The Balaban J connectivity index is 2.87.